The van der Waals surface area contributed by atoms with Crippen LogP contribution in [0.15, 0.2) is 29.2 Å². The van der Waals surface area contributed by atoms with Crippen LogP contribution in [0.4, 0.5) is 5.69 Å². The molecule has 0 saturated heterocycles. The summed E-state index contributed by atoms with van der Waals surface area (Å²) in [7, 11) is 1.81. The normalized spacial score (nSPS) is 14.2. The van der Waals surface area contributed by atoms with Crippen LogP contribution in [-0.2, 0) is 13.6 Å². The molecule has 0 spiro atoms. The number of imidazole rings is 1. The van der Waals surface area contributed by atoms with Crippen LogP contribution in [0.5, 0.6) is 0 Å². The maximum atomic E-state index is 12.1. The summed E-state index contributed by atoms with van der Waals surface area (Å²) >= 11 is 1.57. The van der Waals surface area contributed by atoms with E-state index >= 15 is 0 Å². The predicted octanol–water partition coefficient (Wildman–Crippen LogP) is 4.12. The second-order valence-corrected chi connectivity index (χ2v) is 7.85. The number of aromatic nitrogens is 3. The number of benzene rings is 1. The molecule has 1 saturated carbocycles. The highest BCUT2D eigenvalue weighted by Gasteiger charge is 2.24. The smallest absolute Gasteiger partial charge is 0.253 e. The first kappa shape index (κ1) is 17.2. The van der Waals surface area contributed by atoms with Crippen molar-refractivity contribution in [3.8, 4) is 11.1 Å². The topological polar surface area (TPSA) is 51.9 Å². The van der Waals surface area contributed by atoms with Crippen LogP contribution >= 0.6 is 11.9 Å². The number of fused-ring (bicyclic) bond motifs is 1. The van der Waals surface area contributed by atoms with E-state index in [0.29, 0.717) is 0 Å². The Labute approximate surface area is 157 Å². The molecule has 26 heavy (non-hydrogen) atoms. The predicted molar refractivity (Wildman–Crippen MR) is 110 cm³/mol. The molecular weight excluding hydrogens is 344 g/mol. The third kappa shape index (κ3) is 3.03. The molecule has 4 rings (SSSR count). The lowest BCUT2D eigenvalue weighted by atomic mass is 10.0. The van der Waals surface area contributed by atoms with Crippen molar-refractivity contribution in [2.75, 3.05) is 11.0 Å². The first-order valence-corrected chi connectivity index (χ1v) is 10.2. The van der Waals surface area contributed by atoms with Gasteiger partial charge in [0, 0.05) is 31.6 Å². The molecule has 0 unspecified atom stereocenters. The van der Waals surface area contributed by atoms with E-state index in [0.717, 1.165) is 51.7 Å². The minimum Gasteiger partial charge on any atom is -0.328 e. The fourth-order valence-corrected chi connectivity index (χ4v) is 3.89. The molecule has 1 aliphatic carbocycles. The van der Waals surface area contributed by atoms with Gasteiger partial charge in [-0.1, -0.05) is 11.9 Å². The molecule has 6 heteroatoms. The van der Waals surface area contributed by atoms with Gasteiger partial charge in [-0.05, 0) is 61.9 Å². The molecule has 0 atom stereocenters. The Morgan fingerprint density at radius 2 is 2.00 bits per heavy atom. The maximum Gasteiger partial charge on any atom is 0.253 e. The van der Waals surface area contributed by atoms with Crippen molar-refractivity contribution in [1.82, 2.24) is 14.1 Å². The van der Waals surface area contributed by atoms with Crippen molar-refractivity contribution < 1.29 is 0 Å². The summed E-state index contributed by atoms with van der Waals surface area (Å²) in [4.78, 5) is 16.9. The lowest BCUT2D eigenvalue weighted by Gasteiger charge is -2.12. The quantitative estimate of drug-likeness (QED) is 0.688. The average molecular weight is 369 g/mol. The third-order valence-corrected chi connectivity index (χ3v) is 5.51. The highest BCUT2D eigenvalue weighted by Crippen LogP contribution is 2.36. The zero-order valence-corrected chi connectivity index (χ0v) is 16.5. The van der Waals surface area contributed by atoms with Crippen molar-refractivity contribution in [3.05, 3.63) is 46.1 Å². The number of nitrogens with one attached hydrogen (secondary N) is 1. The van der Waals surface area contributed by atoms with Crippen LogP contribution < -0.4 is 10.3 Å². The summed E-state index contributed by atoms with van der Waals surface area (Å²) in [6, 6.07) is 6.31. The minimum absolute atomic E-state index is 0.0481. The summed E-state index contributed by atoms with van der Waals surface area (Å²) in [5.74, 6) is 1.84. The fraction of sp³-hybridized carbons (Fsp3) is 0.400. The largest absolute Gasteiger partial charge is 0.328 e. The van der Waals surface area contributed by atoms with Gasteiger partial charge in [-0.2, -0.15) is 0 Å². The van der Waals surface area contributed by atoms with Crippen molar-refractivity contribution >= 4 is 28.7 Å². The van der Waals surface area contributed by atoms with Crippen molar-refractivity contribution in [3.63, 3.8) is 0 Å². The van der Waals surface area contributed by atoms with Crippen LogP contribution in [0.1, 0.15) is 24.2 Å². The Morgan fingerprint density at radius 3 is 2.65 bits per heavy atom. The fourth-order valence-electron chi connectivity index (χ4n) is 3.52. The van der Waals surface area contributed by atoms with E-state index in [2.05, 4.69) is 28.3 Å². The van der Waals surface area contributed by atoms with Gasteiger partial charge in [-0.3, -0.25) is 4.79 Å². The number of anilines is 1. The Hall–Kier alpha value is -2.21. The zero-order valence-electron chi connectivity index (χ0n) is 15.7. The second-order valence-electron chi connectivity index (χ2n) is 7.24. The zero-order chi connectivity index (χ0) is 18.4. The van der Waals surface area contributed by atoms with E-state index in [-0.39, 0.29) is 5.56 Å². The third-order valence-electron chi connectivity index (χ3n) is 5.09. The SMILES string of the molecule is CSNc1cc(-c2cc(C)c(=O)n(C)c2)cc2c1nc(C)n2CC1CC1. The number of pyridine rings is 1. The second kappa shape index (κ2) is 6.50. The van der Waals surface area contributed by atoms with Gasteiger partial charge >= 0.3 is 0 Å². The molecule has 136 valence electrons. The lowest BCUT2D eigenvalue weighted by molar-refractivity contribution is 0.626. The van der Waals surface area contributed by atoms with Crippen LogP contribution in [0, 0.1) is 19.8 Å². The van der Waals surface area contributed by atoms with Gasteiger partial charge in [0.2, 0.25) is 0 Å². The number of hydrogen-bond donors (Lipinski definition) is 1. The van der Waals surface area contributed by atoms with Gasteiger partial charge in [0.05, 0.1) is 11.2 Å². The van der Waals surface area contributed by atoms with Crippen LogP contribution in [0.25, 0.3) is 22.2 Å². The van der Waals surface area contributed by atoms with E-state index in [1.54, 1.807) is 23.6 Å². The molecule has 0 amide bonds. The highest BCUT2D eigenvalue weighted by molar-refractivity contribution is 7.99. The first-order chi connectivity index (χ1) is 12.5. The Bertz CT molecular complexity index is 1020. The van der Waals surface area contributed by atoms with Crippen molar-refractivity contribution in [1.29, 1.82) is 0 Å². The monoisotopic (exact) mass is 368 g/mol. The molecule has 3 aromatic rings. The van der Waals surface area contributed by atoms with Gasteiger partial charge in [-0.25, -0.2) is 4.98 Å². The highest BCUT2D eigenvalue weighted by atomic mass is 32.2. The number of aryl methyl sites for hydroxylation is 3. The first-order valence-electron chi connectivity index (χ1n) is 8.95. The number of nitrogens with zero attached hydrogens (tertiary/aromatic N) is 3. The Kier molecular flexibility index (Phi) is 4.31. The Balaban J connectivity index is 1.93. The van der Waals surface area contributed by atoms with Crippen LogP contribution in [-0.4, -0.2) is 20.4 Å². The molecule has 0 radical (unpaired) electrons. The van der Waals surface area contributed by atoms with Gasteiger partial charge in [-0.15, -0.1) is 0 Å². The van der Waals surface area contributed by atoms with Crippen molar-refractivity contribution in [2.45, 2.75) is 33.2 Å². The molecular formula is C20H24N4OS. The molecule has 1 aliphatic rings. The summed E-state index contributed by atoms with van der Waals surface area (Å²) in [6.07, 6.45) is 6.56. The van der Waals surface area contributed by atoms with Crippen molar-refractivity contribution in [2.24, 2.45) is 13.0 Å². The summed E-state index contributed by atoms with van der Waals surface area (Å²) in [5.41, 5.74) is 6.16. The van der Waals surface area contributed by atoms with E-state index in [1.807, 2.05) is 25.4 Å². The summed E-state index contributed by atoms with van der Waals surface area (Å²) < 4.78 is 7.38. The summed E-state index contributed by atoms with van der Waals surface area (Å²) in [5, 5.41) is 0. The van der Waals surface area contributed by atoms with E-state index in [4.69, 9.17) is 4.98 Å². The molecule has 2 heterocycles. The molecule has 0 aliphatic heterocycles. The van der Waals surface area contributed by atoms with Gasteiger partial charge in [0.15, 0.2) is 0 Å². The number of hydrogen-bond acceptors (Lipinski definition) is 4. The summed E-state index contributed by atoms with van der Waals surface area (Å²) in [6.45, 7) is 4.99. The minimum atomic E-state index is 0.0481. The van der Waals surface area contributed by atoms with E-state index in [1.165, 1.54) is 12.8 Å². The molecule has 1 fully saturated rings. The number of rotatable bonds is 5. The van der Waals surface area contributed by atoms with Gasteiger partial charge in [0.1, 0.15) is 11.3 Å². The molecule has 5 nitrogen and oxygen atoms in total. The lowest BCUT2D eigenvalue weighted by Crippen LogP contribution is -2.18. The van der Waals surface area contributed by atoms with Gasteiger partial charge < -0.3 is 13.9 Å². The van der Waals surface area contributed by atoms with E-state index in [9.17, 15) is 4.79 Å². The van der Waals surface area contributed by atoms with E-state index < -0.39 is 0 Å². The van der Waals surface area contributed by atoms with Crippen LogP contribution in [0.3, 0.4) is 0 Å². The van der Waals surface area contributed by atoms with Crippen LogP contribution in [0.2, 0.25) is 0 Å². The van der Waals surface area contributed by atoms with Gasteiger partial charge in [0.25, 0.3) is 5.56 Å². The molecule has 1 aromatic carbocycles. The molecule has 2 aromatic heterocycles. The molecule has 0 bridgehead atoms. The maximum absolute atomic E-state index is 12.1. The molecule has 1 N–H and O–H groups in total. The average Bonchev–Trinajstić information content (AvgIpc) is 3.37. The Morgan fingerprint density at radius 1 is 1.23 bits per heavy atom. The standard InChI is InChI=1S/C20H24N4OS/c1-12-7-16(11-23(3)20(12)25)15-8-17(22-26-4)19-18(9-15)24(13(2)21-19)10-14-5-6-14/h7-9,11,14,22H,5-6,10H2,1-4H3.